The lowest BCUT2D eigenvalue weighted by atomic mass is 9.88. The van der Waals surface area contributed by atoms with Crippen molar-refractivity contribution in [2.75, 3.05) is 19.6 Å². The van der Waals surface area contributed by atoms with Gasteiger partial charge in [-0.15, -0.1) is 0 Å². The van der Waals surface area contributed by atoms with E-state index in [1.54, 1.807) is 12.1 Å². The zero-order valence-corrected chi connectivity index (χ0v) is 20.6. The Morgan fingerprint density at radius 2 is 1.66 bits per heavy atom. The Hall–Kier alpha value is -3.51. The Kier molecular flexibility index (Phi) is 7.61. The summed E-state index contributed by atoms with van der Waals surface area (Å²) in [6.07, 6.45) is 0. The Balaban J connectivity index is 1.60. The monoisotopic (exact) mass is 471 g/mol. The third-order valence-electron chi connectivity index (χ3n) is 6.94. The molecular weight excluding hydrogens is 438 g/mol. The molecule has 1 aliphatic rings. The molecule has 35 heavy (non-hydrogen) atoms. The number of hydrogen-bond donors (Lipinski definition) is 0. The summed E-state index contributed by atoms with van der Waals surface area (Å²) < 4.78 is 0. The molecule has 0 bridgehead atoms. The molecule has 0 spiro atoms. The predicted octanol–water partition coefficient (Wildman–Crippen LogP) is 5.67. The van der Waals surface area contributed by atoms with E-state index in [1.165, 1.54) is 11.1 Å². The predicted molar refractivity (Wildman–Crippen MR) is 138 cm³/mol. The van der Waals surface area contributed by atoms with Gasteiger partial charge < -0.3 is 4.90 Å². The average molecular weight is 472 g/mol. The van der Waals surface area contributed by atoms with E-state index in [0.29, 0.717) is 18.7 Å². The van der Waals surface area contributed by atoms with Gasteiger partial charge in [-0.25, -0.2) is 0 Å². The number of carbonyl (C=O) groups is 1. The third kappa shape index (κ3) is 5.77. The fourth-order valence-corrected chi connectivity index (χ4v) is 5.06. The Bertz CT molecular complexity index is 1160. The number of carbonyl (C=O) groups excluding carboxylic acids is 1. The number of aryl methyl sites for hydroxylation is 1. The highest BCUT2D eigenvalue weighted by Gasteiger charge is 2.37. The first-order valence-electron chi connectivity index (χ1n) is 12.2. The van der Waals surface area contributed by atoms with Gasteiger partial charge in [0, 0.05) is 55.3 Å². The van der Waals surface area contributed by atoms with Gasteiger partial charge in [0.2, 0.25) is 0 Å². The zero-order valence-electron chi connectivity index (χ0n) is 20.6. The van der Waals surface area contributed by atoms with Gasteiger partial charge in [-0.1, -0.05) is 66.2 Å². The molecule has 182 valence electrons. The number of amides is 1. The highest BCUT2D eigenvalue weighted by molar-refractivity contribution is 5.94. The normalized spacial score (nSPS) is 18.1. The third-order valence-corrected chi connectivity index (χ3v) is 6.94. The molecule has 1 fully saturated rings. The minimum atomic E-state index is -0.306. The fourth-order valence-electron chi connectivity index (χ4n) is 5.06. The van der Waals surface area contributed by atoms with Crippen LogP contribution in [0, 0.1) is 23.0 Å². The van der Waals surface area contributed by atoms with Crippen molar-refractivity contribution in [3.05, 3.63) is 111 Å². The summed E-state index contributed by atoms with van der Waals surface area (Å²) in [5, 5.41) is 11.6. The molecule has 0 radical (unpaired) electrons. The summed E-state index contributed by atoms with van der Waals surface area (Å²) in [6, 6.07) is 25.1. The van der Waals surface area contributed by atoms with Crippen LogP contribution in [0.3, 0.4) is 0 Å². The van der Waals surface area contributed by atoms with Gasteiger partial charge in [0.15, 0.2) is 0 Å². The van der Waals surface area contributed by atoms with Crippen LogP contribution < -0.4 is 0 Å². The van der Waals surface area contributed by atoms with Crippen LogP contribution in [-0.4, -0.2) is 46.3 Å². The lowest BCUT2D eigenvalue weighted by Gasteiger charge is -2.32. The molecule has 0 saturated carbocycles. The molecule has 0 aliphatic carbocycles. The van der Waals surface area contributed by atoms with Crippen LogP contribution in [0.5, 0.6) is 0 Å². The quantitative estimate of drug-likeness (QED) is 0.314. The highest BCUT2D eigenvalue weighted by Crippen LogP contribution is 2.35. The van der Waals surface area contributed by atoms with E-state index < -0.39 is 0 Å². The molecule has 1 amide bonds. The first kappa shape index (κ1) is 24.6. The van der Waals surface area contributed by atoms with Crippen molar-refractivity contribution in [2.24, 2.45) is 5.92 Å². The summed E-state index contributed by atoms with van der Waals surface area (Å²) >= 11 is 0. The minimum Gasteiger partial charge on any atom is -0.336 e. The number of hydrogen-bond acceptors (Lipinski definition) is 4. The Morgan fingerprint density at radius 3 is 2.31 bits per heavy atom. The first-order chi connectivity index (χ1) is 16.8. The second kappa shape index (κ2) is 10.8. The molecule has 0 N–H and O–H groups in total. The van der Waals surface area contributed by atoms with Crippen molar-refractivity contribution < 1.29 is 9.72 Å². The van der Waals surface area contributed by atoms with Crippen LogP contribution in [0.25, 0.3) is 0 Å². The summed E-state index contributed by atoms with van der Waals surface area (Å²) in [6.45, 7) is 8.92. The summed E-state index contributed by atoms with van der Waals surface area (Å²) in [5.74, 6) is 0.499. The van der Waals surface area contributed by atoms with E-state index in [1.807, 2.05) is 47.4 Å². The second-order valence-corrected chi connectivity index (χ2v) is 9.77. The van der Waals surface area contributed by atoms with Gasteiger partial charge in [-0.05, 0) is 44.4 Å². The molecule has 0 aromatic heterocycles. The maximum absolute atomic E-state index is 13.4. The second-order valence-electron chi connectivity index (χ2n) is 9.77. The number of nitro groups is 1. The maximum Gasteiger partial charge on any atom is 0.273 e. The minimum absolute atomic E-state index is 0.0420. The van der Waals surface area contributed by atoms with Gasteiger partial charge >= 0.3 is 0 Å². The number of benzene rings is 3. The summed E-state index contributed by atoms with van der Waals surface area (Å²) in [5.41, 5.74) is 4.04. The number of likely N-dealkylation sites (tertiary alicyclic amines) is 1. The lowest BCUT2D eigenvalue weighted by Crippen LogP contribution is -2.42. The van der Waals surface area contributed by atoms with Gasteiger partial charge in [-0.3, -0.25) is 19.8 Å². The fraction of sp³-hybridized carbons (Fsp3) is 0.345. The van der Waals surface area contributed by atoms with Crippen LogP contribution >= 0.6 is 0 Å². The lowest BCUT2D eigenvalue weighted by molar-refractivity contribution is -0.385. The van der Waals surface area contributed by atoms with Gasteiger partial charge in [0.05, 0.1) is 4.92 Å². The van der Waals surface area contributed by atoms with Gasteiger partial charge in [0.25, 0.3) is 11.6 Å². The summed E-state index contributed by atoms with van der Waals surface area (Å²) in [7, 11) is 0. The molecule has 2 atom stereocenters. The topological polar surface area (TPSA) is 66.7 Å². The van der Waals surface area contributed by atoms with Crippen LogP contribution in [0.15, 0.2) is 78.9 Å². The number of nitrogens with zero attached hydrogens (tertiary/aromatic N) is 3. The smallest absolute Gasteiger partial charge is 0.273 e. The molecular formula is C29H33N3O3. The molecule has 4 rings (SSSR count). The Morgan fingerprint density at radius 1 is 1.00 bits per heavy atom. The van der Waals surface area contributed by atoms with Gasteiger partial charge in [0.1, 0.15) is 0 Å². The summed E-state index contributed by atoms with van der Waals surface area (Å²) in [4.78, 5) is 28.9. The largest absolute Gasteiger partial charge is 0.336 e. The van der Waals surface area contributed by atoms with Crippen molar-refractivity contribution in [3.63, 3.8) is 0 Å². The molecule has 1 heterocycles. The van der Waals surface area contributed by atoms with Crippen molar-refractivity contribution in [1.82, 2.24) is 9.80 Å². The number of para-hydroxylation sites is 1. The van der Waals surface area contributed by atoms with Gasteiger partial charge in [-0.2, -0.15) is 0 Å². The van der Waals surface area contributed by atoms with E-state index >= 15 is 0 Å². The molecule has 6 heteroatoms. The van der Waals surface area contributed by atoms with E-state index in [4.69, 9.17) is 0 Å². The molecule has 2 unspecified atom stereocenters. The number of rotatable bonds is 8. The van der Waals surface area contributed by atoms with E-state index in [9.17, 15) is 14.9 Å². The maximum atomic E-state index is 13.4. The highest BCUT2D eigenvalue weighted by atomic mass is 16.6. The van der Waals surface area contributed by atoms with E-state index in [0.717, 1.165) is 18.7 Å². The molecule has 3 aromatic rings. The Labute approximate surface area is 207 Å². The van der Waals surface area contributed by atoms with Crippen LogP contribution in [0.4, 0.5) is 5.69 Å². The van der Waals surface area contributed by atoms with Crippen molar-refractivity contribution in [3.8, 4) is 0 Å². The van der Waals surface area contributed by atoms with Crippen LogP contribution in [-0.2, 0) is 6.54 Å². The first-order valence-corrected chi connectivity index (χ1v) is 12.2. The molecule has 6 nitrogen and oxygen atoms in total. The molecule has 3 aromatic carbocycles. The SMILES string of the molecule is Cc1ccc(C2CN(Cc3ccccc3[N+](=O)[O-])CC2CN(C(=O)c2ccccc2)C(C)C)cc1. The van der Waals surface area contributed by atoms with Crippen molar-refractivity contribution >= 4 is 11.6 Å². The van der Waals surface area contributed by atoms with Crippen LogP contribution in [0.2, 0.25) is 0 Å². The standard InChI is InChI=1S/C29H33N3O3/c1-21(2)31(29(33)24-9-5-4-6-10-24)19-26-18-30(17-25-11-7-8-12-28(25)32(34)35)20-27(26)23-15-13-22(3)14-16-23/h4-16,21,26-27H,17-20H2,1-3H3. The van der Waals surface area contributed by atoms with Crippen molar-refractivity contribution in [2.45, 2.75) is 39.3 Å². The van der Waals surface area contributed by atoms with E-state index in [2.05, 4.69) is 49.9 Å². The van der Waals surface area contributed by atoms with Crippen LogP contribution in [0.1, 0.15) is 46.8 Å². The molecule has 1 saturated heterocycles. The number of nitro benzene ring substituents is 1. The van der Waals surface area contributed by atoms with Crippen molar-refractivity contribution in [1.29, 1.82) is 0 Å². The van der Waals surface area contributed by atoms with E-state index in [-0.39, 0.29) is 34.4 Å². The average Bonchev–Trinajstić information content (AvgIpc) is 3.25. The zero-order chi connectivity index (χ0) is 24.9. The molecule has 1 aliphatic heterocycles.